The number of carbonyl (C=O) groups excluding carboxylic acids is 1. The number of H-pyrrole nitrogens is 1. The van der Waals surface area contributed by atoms with E-state index in [2.05, 4.69) is 9.97 Å². The zero-order valence-corrected chi connectivity index (χ0v) is 9.55. The lowest BCUT2D eigenvalue weighted by Crippen LogP contribution is -2.12. The molecule has 0 spiro atoms. The Morgan fingerprint density at radius 3 is 2.67 bits per heavy atom. The number of para-hydroxylation sites is 1. The molecule has 0 fully saturated rings. The van der Waals surface area contributed by atoms with Gasteiger partial charge >= 0.3 is 0 Å². The normalized spacial score (nSPS) is 10.7. The van der Waals surface area contributed by atoms with Crippen molar-refractivity contribution in [2.24, 2.45) is 5.73 Å². The Hall–Kier alpha value is -2.62. The highest BCUT2D eigenvalue weighted by molar-refractivity contribution is 6.03. The van der Waals surface area contributed by atoms with Gasteiger partial charge in [0.1, 0.15) is 0 Å². The zero-order chi connectivity index (χ0) is 12.5. The second-order valence-electron chi connectivity index (χ2n) is 4.01. The number of nitrogens with two attached hydrogens (primary N) is 1. The predicted octanol–water partition coefficient (Wildman–Crippen LogP) is 2.33. The van der Waals surface area contributed by atoms with Gasteiger partial charge in [-0.1, -0.05) is 30.3 Å². The van der Waals surface area contributed by atoms with Crippen LogP contribution in [0.4, 0.5) is 0 Å². The molecule has 0 bridgehead atoms. The molecule has 4 nitrogen and oxygen atoms in total. The highest BCUT2D eigenvalue weighted by Crippen LogP contribution is 2.28. The number of fused-ring (bicyclic) bond motifs is 1. The number of rotatable bonds is 2. The molecule has 0 atom stereocenters. The maximum atomic E-state index is 11.5. The molecule has 3 rings (SSSR count). The second kappa shape index (κ2) is 4.00. The molecule has 0 saturated carbocycles. The number of primary amides is 1. The van der Waals surface area contributed by atoms with Crippen molar-refractivity contribution in [3.8, 4) is 11.1 Å². The van der Waals surface area contributed by atoms with Gasteiger partial charge < -0.3 is 10.7 Å². The van der Waals surface area contributed by atoms with Gasteiger partial charge in [-0.15, -0.1) is 0 Å². The first-order valence-corrected chi connectivity index (χ1v) is 5.58. The summed E-state index contributed by atoms with van der Waals surface area (Å²) >= 11 is 0. The fraction of sp³-hybridized carbons (Fsp3) is 0. The number of aromatic amines is 1. The summed E-state index contributed by atoms with van der Waals surface area (Å²) in [6, 6.07) is 13.1. The van der Waals surface area contributed by atoms with Crippen LogP contribution < -0.4 is 5.73 Å². The average Bonchev–Trinajstić information content (AvgIpc) is 2.86. The molecular weight excluding hydrogens is 226 g/mol. The number of hydrogen-bond donors (Lipinski definition) is 2. The summed E-state index contributed by atoms with van der Waals surface area (Å²) in [5, 5.41) is 0. The standard InChI is InChI=1S/C14H11N3O/c15-14(18)11-5-2-1-4-9(11)10-6-3-7-12-13(10)17-8-16-12/h1-8H,(H2,15,18)(H,16,17). The zero-order valence-electron chi connectivity index (χ0n) is 9.55. The summed E-state index contributed by atoms with van der Waals surface area (Å²) in [6.07, 6.45) is 1.64. The Morgan fingerprint density at radius 2 is 1.83 bits per heavy atom. The average molecular weight is 237 g/mol. The summed E-state index contributed by atoms with van der Waals surface area (Å²) in [6.45, 7) is 0. The van der Waals surface area contributed by atoms with E-state index < -0.39 is 5.91 Å². The minimum Gasteiger partial charge on any atom is -0.366 e. The van der Waals surface area contributed by atoms with Crippen LogP contribution in [0.15, 0.2) is 48.8 Å². The minimum absolute atomic E-state index is 0.429. The third-order valence-electron chi connectivity index (χ3n) is 2.94. The molecule has 0 aliphatic carbocycles. The smallest absolute Gasteiger partial charge is 0.249 e. The fourth-order valence-electron chi connectivity index (χ4n) is 2.12. The lowest BCUT2D eigenvalue weighted by molar-refractivity contribution is 0.100. The van der Waals surface area contributed by atoms with Crippen molar-refractivity contribution in [1.29, 1.82) is 0 Å². The summed E-state index contributed by atoms with van der Waals surface area (Å²) in [5.41, 5.74) is 9.45. The number of nitrogens with one attached hydrogen (secondary N) is 1. The van der Waals surface area contributed by atoms with E-state index in [0.717, 1.165) is 22.2 Å². The topological polar surface area (TPSA) is 71.8 Å². The fourth-order valence-corrected chi connectivity index (χ4v) is 2.12. The third-order valence-corrected chi connectivity index (χ3v) is 2.94. The maximum Gasteiger partial charge on any atom is 0.249 e. The summed E-state index contributed by atoms with van der Waals surface area (Å²) < 4.78 is 0. The molecule has 3 aromatic rings. The Bertz CT molecular complexity index is 730. The number of hydrogen-bond acceptors (Lipinski definition) is 2. The summed E-state index contributed by atoms with van der Waals surface area (Å²) in [4.78, 5) is 18.8. The monoisotopic (exact) mass is 237 g/mol. The van der Waals surface area contributed by atoms with Crippen molar-refractivity contribution >= 4 is 16.9 Å². The molecule has 0 unspecified atom stereocenters. The quantitative estimate of drug-likeness (QED) is 0.718. The Balaban J connectivity index is 2.33. The maximum absolute atomic E-state index is 11.5. The van der Waals surface area contributed by atoms with E-state index in [1.54, 1.807) is 18.5 Å². The molecule has 0 saturated heterocycles. The Labute approximate surface area is 103 Å². The van der Waals surface area contributed by atoms with Gasteiger partial charge in [0.25, 0.3) is 0 Å². The molecule has 1 aromatic heterocycles. The van der Waals surface area contributed by atoms with Gasteiger partial charge in [-0.3, -0.25) is 4.79 Å². The first-order valence-electron chi connectivity index (χ1n) is 5.58. The van der Waals surface area contributed by atoms with Crippen LogP contribution in [0.3, 0.4) is 0 Å². The Kier molecular flexibility index (Phi) is 2.34. The predicted molar refractivity (Wildman–Crippen MR) is 70.0 cm³/mol. The van der Waals surface area contributed by atoms with Crippen molar-refractivity contribution in [2.45, 2.75) is 0 Å². The van der Waals surface area contributed by atoms with Crippen molar-refractivity contribution in [3.63, 3.8) is 0 Å². The number of aromatic nitrogens is 2. The van der Waals surface area contributed by atoms with Crippen LogP contribution in [0.5, 0.6) is 0 Å². The molecule has 0 aliphatic heterocycles. The molecule has 4 heteroatoms. The highest BCUT2D eigenvalue weighted by Gasteiger charge is 2.12. The van der Waals surface area contributed by atoms with Crippen molar-refractivity contribution < 1.29 is 4.79 Å². The van der Waals surface area contributed by atoms with Crippen LogP contribution in [0, 0.1) is 0 Å². The third kappa shape index (κ3) is 1.55. The van der Waals surface area contributed by atoms with Crippen LogP contribution in [-0.2, 0) is 0 Å². The molecule has 0 radical (unpaired) electrons. The highest BCUT2D eigenvalue weighted by atomic mass is 16.1. The Morgan fingerprint density at radius 1 is 1.06 bits per heavy atom. The van der Waals surface area contributed by atoms with Gasteiger partial charge in [-0.2, -0.15) is 0 Å². The van der Waals surface area contributed by atoms with E-state index in [9.17, 15) is 4.79 Å². The molecular formula is C14H11N3O. The van der Waals surface area contributed by atoms with Crippen LogP contribution in [0.25, 0.3) is 22.2 Å². The molecule has 88 valence electrons. The second-order valence-corrected chi connectivity index (χ2v) is 4.01. The van der Waals surface area contributed by atoms with Crippen LogP contribution >= 0.6 is 0 Å². The molecule has 3 N–H and O–H groups in total. The largest absolute Gasteiger partial charge is 0.366 e. The van der Waals surface area contributed by atoms with Crippen LogP contribution in [-0.4, -0.2) is 15.9 Å². The van der Waals surface area contributed by atoms with Gasteiger partial charge in [0, 0.05) is 11.1 Å². The van der Waals surface area contributed by atoms with E-state index in [0.29, 0.717) is 5.56 Å². The van der Waals surface area contributed by atoms with Crippen molar-refractivity contribution in [1.82, 2.24) is 9.97 Å². The van der Waals surface area contributed by atoms with Crippen LogP contribution in [0.2, 0.25) is 0 Å². The van der Waals surface area contributed by atoms with E-state index in [4.69, 9.17) is 5.73 Å². The first kappa shape index (κ1) is 10.5. The number of benzene rings is 2. The molecule has 0 aliphatic rings. The SMILES string of the molecule is NC(=O)c1ccccc1-c1cccc2nc[nH]c12. The van der Waals surface area contributed by atoms with E-state index in [1.807, 2.05) is 30.3 Å². The number of imidazole rings is 1. The van der Waals surface area contributed by atoms with Crippen LogP contribution in [0.1, 0.15) is 10.4 Å². The number of carbonyl (C=O) groups is 1. The minimum atomic E-state index is -0.429. The summed E-state index contributed by atoms with van der Waals surface area (Å²) in [7, 11) is 0. The van der Waals surface area contributed by atoms with E-state index in [-0.39, 0.29) is 0 Å². The lowest BCUT2D eigenvalue weighted by Gasteiger charge is -2.07. The molecule has 2 aromatic carbocycles. The van der Waals surface area contributed by atoms with Gasteiger partial charge in [-0.05, 0) is 17.7 Å². The molecule has 1 amide bonds. The number of amides is 1. The van der Waals surface area contributed by atoms with E-state index in [1.165, 1.54) is 0 Å². The van der Waals surface area contributed by atoms with Crippen molar-refractivity contribution in [3.05, 3.63) is 54.4 Å². The van der Waals surface area contributed by atoms with E-state index >= 15 is 0 Å². The molecule has 1 heterocycles. The number of nitrogens with zero attached hydrogens (tertiary/aromatic N) is 1. The molecule has 18 heavy (non-hydrogen) atoms. The van der Waals surface area contributed by atoms with Gasteiger partial charge in [0.15, 0.2) is 0 Å². The lowest BCUT2D eigenvalue weighted by atomic mass is 9.98. The van der Waals surface area contributed by atoms with Gasteiger partial charge in [0.2, 0.25) is 5.91 Å². The first-order chi connectivity index (χ1) is 8.77. The van der Waals surface area contributed by atoms with Gasteiger partial charge in [0.05, 0.1) is 17.4 Å². The summed E-state index contributed by atoms with van der Waals surface area (Å²) in [5.74, 6) is -0.429. The van der Waals surface area contributed by atoms with Gasteiger partial charge in [-0.25, -0.2) is 4.98 Å². The van der Waals surface area contributed by atoms with Crippen molar-refractivity contribution in [2.75, 3.05) is 0 Å².